The molecule has 0 amide bonds. The Morgan fingerprint density at radius 2 is 0.918 bits per heavy atom. The first-order valence-electron chi connectivity index (χ1n) is 20.5. The van der Waals surface area contributed by atoms with Crippen LogP contribution in [-0.4, -0.2) is 18.5 Å². The maximum Gasteiger partial charge on any atom is 0.335 e. The van der Waals surface area contributed by atoms with E-state index in [2.05, 4.69) is 134 Å². The van der Waals surface area contributed by atoms with E-state index in [1.54, 1.807) is 0 Å². The van der Waals surface area contributed by atoms with Crippen molar-refractivity contribution in [1.29, 1.82) is 0 Å². The van der Waals surface area contributed by atoms with Gasteiger partial charge in [-0.3, -0.25) is 0 Å². The first kappa shape index (κ1) is 41.7. The molecule has 1 unspecified atom stereocenters. The van der Waals surface area contributed by atoms with Gasteiger partial charge in [-0.1, -0.05) is 135 Å². The van der Waals surface area contributed by atoms with Gasteiger partial charge < -0.3 is 19.1 Å². The molecule has 6 heteroatoms. The molecule has 0 saturated heterocycles. The molecule has 7 aromatic rings. The minimum atomic E-state index is -0.476. The van der Waals surface area contributed by atoms with Gasteiger partial charge in [-0.25, -0.2) is 9.59 Å². The Hall–Kier alpha value is -7.44. The van der Waals surface area contributed by atoms with E-state index in [4.69, 9.17) is 14.2 Å². The van der Waals surface area contributed by atoms with Gasteiger partial charge in [0.15, 0.2) is 0 Å². The highest BCUT2D eigenvalue weighted by Gasteiger charge is 2.18. The van der Waals surface area contributed by atoms with Crippen LogP contribution >= 0.6 is 0 Å². The summed E-state index contributed by atoms with van der Waals surface area (Å²) in [5.74, 6) is 0.439. The molecule has 304 valence electrons. The van der Waals surface area contributed by atoms with Crippen LogP contribution < -0.4 is 14.4 Å². The Bertz CT molecular complexity index is 2510. The Labute approximate surface area is 359 Å². The Morgan fingerprint density at radius 1 is 0.508 bits per heavy atom. The van der Waals surface area contributed by atoms with Crippen molar-refractivity contribution in [1.82, 2.24) is 0 Å². The summed E-state index contributed by atoms with van der Waals surface area (Å²) in [5.41, 5.74) is 12.3. The summed E-state index contributed by atoms with van der Waals surface area (Å²) in [6.07, 6.45) is 4.93. The summed E-state index contributed by atoms with van der Waals surface area (Å²) in [6.45, 7) is 9.91. The summed E-state index contributed by atoms with van der Waals surface area (Å²) in [6, 6.07) is 60.8. The number of hydrogen-bond acceptors (Lipinski definition) is 6. The van der Waals surface area contributed by atoms with Crippen LogP contribution in [0.25, 0.3) is 0 Å². The lowest BCUT2D eigenvalue weighted by atomic mass is 9.84. The first-order valence-corrected chi connectivity index (χ1v) is 20.5. The van der Waals surface area contributed by atoms with Crippen molar-refractivity contribution in [3.05, 3.63) is 246 Å². The van der Waals surface area contributed by atoms with Crippen molar-refractivity contribution in [3.63, 3.8) is 0 Å². The molecule has 0 aromatic heterocycles. The van der Waals surface area contributed by atoms with Crippen LogP contribution in [0.3, 0.4) is 0 Å². The lowest BCUT2D eigenvalue weighted by Gasteiger charge is -2.26. The lowest BCUT2D eigenvalue weighted by Crippen LogP contribution is -2.10. The zero-order valence-corrected chi connectivity index (χ0v) is 34.4. The van der Waals surface area contributed by atoms with Gasteiger partial charge in [-0.2, -0.15) is 0 Å². The van der Waals surface area contributed by atoms with Crippen LogP contribution in [0.15, 0.2) is 201 Å². The highest BCUT2D eigenvalue weighted by atomic mass is 16.5. The van der Waals surface area contributed by atoms with Crippen LogP contribution in [0.4, 0.5) is 17.1 Å². The molecule has 0 bridgehead atoms. The van der Waals surface area contributed by atoms with Gasteiger partial charge in [-0.15, -0.1) is 0 Å². The quantitative estimate of drug-likeness (QED) is 0.0373. The lowest BCUT2D eigenvalue weighted by molar-refractivity contribution is -0.139. The zero-order chi connectivity index (χ0) is 42.4. The number of anilines is 3. The van der Waals surface area contributed by atoms with E-state index >= 15 is 0 Å². The van der Waals surface area contributed by atoms with E-state index in [-0.39, 0.29) is 12.5 Å². The molecule has 7 rings (SSSR count). The standard InChI is InChI=1S/C55H49NO5/c1-4-36-59-51-34-30-50(31-35-51)56(49-28-20-44(21-29-49)39-60-53(57)5-2)48-26-18-43(19-27-48)38-41-14-12-40(13-15-41)37-42-16-22-46(23-17-42)55(45-10-8-7-9-11-45)47-24-32-52(33-25-47)61-54(58)6-3/h5-35,55H,2-4,36-39H2,1H3. The number of hydrogen-bond donors (Lipinski definition) is 0. The molecule has 6 nitrogen and oxygen atoms in total. The second kappa shape index (κ2) is 20.5. The number of rotatable bonds is 18. The molecule has 0 aliphatic heterocycles. The van der Waals surface area contributed by atoms with Gasteiger partial charge in [-0.05, 0) is 124 Å². The van der Waals surface area contributed by atoms with Gasteiger partial charge in [0.25, 0.3) is 0 Å². The number of ether oxygens (including phenoxy) is 3. The third-order valence-corrected chi connectivity index (χ3v) is 10.4. The molecular weight excluding hydrogens is 755 g/mol. The van der Waals surface area contributed by atoms with Gasteiger partial charge >= 0.3 is 11.9 Å². The number of nitrogens with zero attached hydrogens (tertiary/aromatic N) is 1. The Balaban J connectivity index is 1.02. The third-order valence-electron chi connectivity index (χ3n) is 10.4. The molecule has 0 spiro atoms. The maximum atomic E-state index is 11.7. The van der Waals surface area contributed by atoms with Crippen LogP contribution in [0.1, 0.15) is 63.8 Å². The average molecular weight is 804 g/mol. The van der Waals surface area contributed by atoms with Crippen molar-refractivity contribution in [3.8, 4) is 11.5 Å². The van der Waals surface area contributed by atoms with Crippen molar-refractivity contribution in [2.24, 2.45) is 0 Å². The van der Waals surface area contributed by atoms with Gasteiger partial charge in [0.05, 0.1) is 6.61 Å². The van der Waals surface area contributed by atoms with Crippen molar-refractivity contribution in [2.75, 3.05) is 11.5 Å². The summed E-state index contributed by atoms with van der Waals surface area (Å²) >= 11 is 0. The van der Waals surface area contributed by atoms with Crippen LogP contribution in [0, 0.1) is 0 Å². The number of carbonyl (C=O) groups excluding carboxylic acids is 2. The second-order valence-electron chi connectivity index (χ2n) is 14.8. The summed E-state index contributed by atoms with van der Waals surface area (Å²) < 4.78 is 16.4. The fraction of sp³-hybridized carbons (Fsp3) is 0.127. The molecule has 0 fully saturated rings. The molecule has 1 atom stereocenters. The van der Waals surface area contributed by atoms with Crippen LogP contribution in [-0.2, 0) is 33.8 Å². The van der Waals surface area contributed by atoms with Gasteiger partial charge in [0.1, 0.15) is 18.1 Å². The zero-order valence-electron chi connectivity index (χ0n) is 34.4. The molecular formula is C55H49NO5. The molecule has 0 saturated carbocycles. The predicted octanol–water partition coefficient (Wildman–Crippen LogP) is 12.6. The highest BCUT2D eigenvalue weighted by Crippen LogP contribution is 2.36. The Morgan fingerprint density at radius 3 is 1.41 bits per heavy atom. The smallest absolute Gasteiger partial charge is 0.335 e. The van der Waals surface area contributed by atoms with E-state index in [1.165, 1.54) is 39.5 Å². The summed E-state index contributed by atoms with van der Waals surface area (Å²) in [5, 5.41) is 0. The molecule has 0 radical (unpaired) electrons. The number of benzene rings is 7. The van der Waals surface area contributed by atoms with Crippen LogP contribution in [0.5, 0.6) is 11.5 Å². The highest BCUT2D eigenvalue weighted by molar-refractivity contribution is 5.83. The van der Waals surface area contributed by atoms with E-state index in [1.807, 2.05) is 66.7 Å². The van der Waals surface area contributed by atoms with Crippen molar-refractivity contribution >= 4 is 29.0 Å². The average Bonchev–Trinajstić information content (AvgIpc) is 3.31. The minimum Gasteiger partial charge on any atom is -0.494 e. The molecule has 0 heterocycles. The number of esters is 2. The van der Waals surface area contributed by atoms with Gasteiger partial charge in [0.2, 0.25) is 0 Å². The van der Waals surface area contributed by atoms with Crippen molar-refractivity contribution in [2.45, 2.75) is 38.7 Å². The monoisotopic (exact) mass is 803 g/mol. The SMILES string of the molecule is C=CC(=O)OCc1ccc(N(c2ccc(Cc3ccc(Cc4ccc(C(c5ccccc5)c5ccc(OC(=O)C=C)cc5)cc4)cc3)cc2)c2ccc(OCCC)cc2)cc1. The summed E-state index contributed by atoms with van der Waals surface area (Å²) in [7, 11) is 0. The largest absolute Gasteiger partial charge is 0.494 e. The minimum absolute atomic E-state index is 0.0290. The fourth-order valence-electron chi connectivity index (χ4n) is 7.26. The predicted molar refractivity (Wildman–Crippen MR) is 245 cm³/mol. The van der Waals surface area contributed by atoms with Gasteiger partial charge in [0, 0.05) is 35.1 Å². The molecule has 0 aliphatic carbocycles. The first-order chi connectivity index (χ1) is 29.9. The van der Waals surface area contributed by atoms with E-state index in [9.17, 15) is 9.59 Å². The second-order valence-corrected chi connectivity index (χ2v) is 14.8. The number of carbonyl (C=O) groups is 2. The normalized spacial score (nSPS) is 11.2. The van der Waals surface area contributed by atoms with Crippen molar-refractivity contribution < 1.29 is 23.8 Å². The molecule has 7 aromatic carbocycles. The molecule has 61 heavy (non-hydrogen) atoms. The molecule has 0 N–H and O–H groups in total. The fourth-order valence-corrected chi connectivity index (χ4v) is 7.26. The van der Waals surface area contributed by atoms with E-state index in [0.29, 0.717) is 12.4 Å². The van der Waals surface area contributed by atoms with Crippen LogP contribution in [0.2, 0.25) is 0 Å². The van der Waals surface area contributed by atoms with E-state index < -0.39 is 11.9 Å². The van der Waals surface area contributed by atoms with E-state index in [0.717, 1.165) is 59.3 Å². The Kier molecular flexibility index (Phi) is 14.0. The maximum absolute atomic E-state index is 11.7. The topological polar surface area (TPSA) is 65.1 Å². The summed E-state index contributed by atoms with van der Waals surface area (Å²) in [4.78, 5) is 25.5. The third kappa shape index (κ3) is 11.2. The molecule has 0 aliphatic rings.